The standard InChI is InChI=1S/C29H34N2O4/c1-33-27-14-13-25(21-28(27)34-2)35-20-19-30-15-17-31(18-16-30)29(32)22-26(23-9-5-3-6-10-23)24-11-7-4-8-12-24/h3-14,21,26H,15-20,22H2,1-2H3. The van der Waals surface area contributed by atoms with Crippen LogP contribution in [0.3, 0.4) is 0 Å². The van der Waals surface area contributed by atoms with E-state index in [0.29, 0.717) is 24.5 Å². The van der Waals surface area contributed by atoms with Crippen LogP contribution in [-0.2, 0) is 4.79 Å². The summed E-state index contributed by atoms with van der Waals surface area (Å²) in [6, 6.07) is 26.2. The zero-order valence-corrected chi connectivity index (χ0v) is 20.6. The van der Waals surface area contributed by atoms with Crippen LogP contribution in [-0.4, -0.2) is 69.3 Å². The van der Waals surface area contributed by atoms with Gasteiger partial charge in [0.25, 0.3) is 0 Å². The lowest BCUT2D eigenvalue weighted by atomic mass is 9.88. The number of nitrogens with zero attached hydrogens (tertiary/aromatic N) is 2. The van der Waals surface area contributed by atoms with E-state index in [0.717, 1.165) is 38.5 Å². The Kier molecular flexibility index (Phi) is 8.63. The Morgan fingerprint density at radius 3 is 1.97 bits per heavy atom. The van der Waals surface area contributed by atoms with Crippen molar-refractivity contribution in [2.45, 2.75) is 12.3 Å². The Labute approximate surface area is 208 Å². The Morgan fingerprint density at radius 1 is 0.800 bits per heavy atom. The predicted molar refractivity (Wildman–Crippen MR) is 137 cm³/mol. The van der Waals surface area contributed by atoms with Gasteiger partial charge in [0.15, 0.2) is 11.5 Å². The fourth-order valence-electron chi connectivity index (χ4n) is 4.52. The van der Waals surface area contributed by atoms with E-state index in [1.54, 1.807) is 14.2 Å². The summed E-state index contributed by atoms with van der Waals surface area (Å²) in [5.74, 6) is 2.37. The SMILES string of the molecule is COc1ccc(OCCN2CCN(C(=O)CC(c3ccccc3)c3ccccc3)CC2)cc1OC. The summed E-state index contributed by atoms with van der Waals surface area (Å²) < 4.78 is 16.5. The third kappa shape index (κ3) is 6.55. The highest BCUT2D eigenvalue weighted by Crippen LogP contribution is 2.31. The molecule has 0 atom stereocenters. The lowest BCUT2D eigenvalue weighted by molar-refractivity contribution is -0.133. The first kappa shape index (κ1) is 24.6. The van der Waals surface area contributed by atoms with Crippen LogP contribution < -0.4 is 14.2 Å². The highest BCUT2D eigenvalue weighted by molar-refractivity contribution is 5.78. The van der Waals surface area contributed by atoms with Gasteiger partial charge >= 0.3 is 0 Å². The molecule has 1 amide bonds. The summed E-state index contributed by atoms with van der Waals surface area (Å²) in [7, 11) is 3.23. The maximum absolute atomic E-state index is 13.2. The monoisotopic (exact) mass is 474 g/mol. The molecule has 0 radical (unpaired) electrons. The minimum Gasteiger partial charge on any atom is -0.493 e. The Bertz CT molecular complexity index is 1030. The van der Waals surface area contributed by atoms with Crippen LogP contribution in [0, 0.1) is 0 Å². The lowest BCUT2D eigenvalue weighted by Gasteiger charge is -2.35. The number of rotatable bonds is 10. The summed E-state index contributed by atoms with van der Waals surface area (Å²) in [5, 5.41) is 0. The van der Waals surface area contributed by atoms with E-state index in [2.05, 4.69) is 29.2 Å². The fraction of sp³-hybridized carbons (Fsp3) is 0.345. The van der Waals surface area contributed by atoms with Crippen molar-refractivity contribution in [1.29, 1.82) is 0 Å². The van der Waals surface area contributed by atoms with Gasteiger partial charge in [0, 0.05) is 51.1 Å². The Morgan fingerprint density at radius 2 is 1.40 bits per heavy atom. The first-order chi connectivity index (χ1) is 17.2. The van der Waals surface area contributed by atoms with Crippen LogP contribution in [0.25, 0.3) is 0 Å². The molecule has 6 heteroatoms. The van der Waals surface area contributed by atoms with Crippen LogP contribution in [0.15, 0.2) is 78.9 Å². The van der Waals surface area contributed by atoms with Gasteiger partial charge in [-0.25, -0.2) is 0 Å². The molecule has 1 aliphatic rings. The van der Waals surface area contributed by atoms with Crippen molar-refractivity contribution >= 4 is 5.91 Å². The summed E-state index contributed by atoms with van der Waals surface area (Å²) in [4.78, 5) is 17.6. The number of ether oxygens (including phenoxy) is 3. The molecule has 0 saturated carbocycles. The van der Waals surface area contributed by atoms with Crippen LogP contribution >= 0.6 is 0 Å². The van der Waals surface area contributed by atoms with Gasteiger partial charge in [-0.1, -0.05) is 60.7 Å². The van der Waals surface area contributed by atoms with E-state index < -0.39 is 0 Å². The number of hydrogen-bond donors (Lipinski definition) is 0. The molecule has 1 heterocycles. The quantitative estimate of drug-likeness (QED) is 0.435. The summed E-state index contributed by atoms with van der Waals surface area (Å²) in [6.07, 6.45) is 0.483. The normalized spacial score (nSPS) is 14.1. The molecule has 0 aromatic heterocycles. The van der Waals surface area contributed by atoms with E-state index >= 15 is 0 Å². The molecule has 1 fully saturated rings. The number of amides is 1. The molecule has 4 rings (SSSR count). The third-order valence-electron chi connectivity index (χ3n) is 6.54. The molecule has 3 aromatic rings. The highest BCUT2D eigenvalue weighted by Gasteiger charge is 2.25. The summed E-state index contributed by atoms with van der Waals surface area (Å²) >= 11 is 0. The van der Waals surface area contributed by atoms with Crippen molar-refractivity contribution in [2.24, 2.45) is 0 Å². The van der Waals surface area contributed by atoms with Crippen molar-refractivity contribution in [1.82, 2.24) is 9.80 Å². The molecule has 35 heavy (non-hydrogen) atoms. The number of benzene rings is 3. The first-order valence-electron chi connectivity index (χ1n) is 12.1. The first-order valence-corrected chi connectivity index (χ1v) is 12.1. The molecular weight excluding hydrogens is 440 g/mol. The van der Waals surface area contributed by atoms with Crippen molar-refractivity contribution in [3.05, 3.63) is 90.0 Å². The number of carbonyl (C=O) groups is 1. The van der Waals surface area contributed by atoms with Crippen LogP contribution in [0.1, 0.15) is 23.5 Å². The average Bonchev–Trinajstić information content (AvgIpc) is 2.92. The second-order valence-corrected chi connectivity index (χ2v) is 8.67. The fourth-order valence-corrected chi connectivity index (χ4v) is 4.52. The van der Waals surface area contributed by atoms with Crippen LogP contribution in [0.4, 0.5) is 0 Å². The summed E-state index contributed by atoms with van der Waals surface area (Å²) in [6.45, 7) is 4.57. The largest absolute Gasteiger partial charge is 0.493 e. The van der Waals surface area contributed by atoms with Gasteiger partial charge in [0.05, 0.1) is 14.2 Å². The number of methoxy groups -OCH3 is 2. The maximum atomic E-state index is 13.2. The molecular formula is C29H34N2O4. The minimum absolute atomic E-state index is 0.0674. The maximum Gasteiger partial charge on any atom is 0.223 e. The van der Waals surface area contributed by atoms with E-state index in [4.69, 9.17) is 14.2 Å². The highest BCUT2D eigenvalue weighted by atomic mass is 16.5. The van der Waals surface area contributed by atoms with Gasteiger partial charge in [-0.05, 0) is 23.3 Å². The molecule has 3 aromatic carbocycles. The smallest absolute Gasteiger partial charge is 0.223 e. The molecule has 184 valence electrons. The number of hydrogen-bond acceptors (Lipinski definition) is 5. The molecule has 1 aliphatic heterocycles. The second-order valence-electron chi connectivity index (χ2n) is 8.67. The zero-order valence-electron chi connectivity index (χ0n) is 20.6. The Hall–Kier alpha value is -3.51. The van der Waals surface area contributed by atoms with Crippen molar-refractivity contribution in [3.63, 3.8) is 0 Å². The van der Waals surface area contributed by atoms with E-state index in [1.807, 2.05) is 59.5 Å². The predicted octanol–water partition coefficient (Wildman–Crippen LogP) is 4.45. The van der Waals surface area contributed by atoms with Gasteiger partial charge in [-0.3, -0.25) is 9.69 Å². The summed E-state index contributed by atoms with van der Waals surface area (Å²) in [5.41, 5.74) is 2.36. The number of carbonyl (C=O) groups excluding carboxylic acids is 1. The third-order valence-corrected chi connectivity index (χ3v) is 6.54. The van der Waals surface area contributed by atoms with E-state index in [9.17, 15) is 4.79 Å². The van der Waals surface area contributed by atoms with Gasteiger partial charge in [0.2, 0.25) is 5.91 Å². The molecule has 0 spiro atoms. The van der Waals surface area contributed by atoms with Gasteiger partial charge < -0.3 is 19.1 Å². The molecule has 0 unspecified atom stereocenters. The molecule has 0 bridgehead atoms. The van der Waals surface area contributed by atoms with Crippen LogP contribution in [0.5, 0.6) is 17.2 Å². The minimum atomic E-state index is 0.0674. The van der Waals surface area contributed by atoms with Crippen molar-refractivity contribution < 1.29 is 19.0 Å². The average molecular weight is 475 g/mol. The van der Waals surface area contributed by atoms with E-state index in [1.165, 1.54) is 11.1 Å². The second kappa shape index (κ2) is 12.3. The Balaban J connectivity index is 1.27. The number of piperazine rings is 1. The van der Waals surface area contributed by atoms with Gasteiger partial charge in [-0.2, -0.15) is 0 Å². The molecule has 6 nitrogen and oxygen atoms in total. The topological polar surface area (TPSA) is 51.2 Å². The van der Waals surface area contributed by atoms with Crippen molar-refractivity contribution in [2.75, 3.05) is 53.6 Å². The van der Waals surface area contributed by atoms with E-state index in [-0.39, 0.29) is 11.8 Å². The van der Waals surface area contributed by atoms with Gasteiger partial charge in [-0.15, -0.1) is 0 Å². The zero-order chi connectivity index (χ0) is 24.5. The lowest BCUT2D eigenvalue weighted by Crippen LogP contribution is -2.49. The van der Waals surface area contributed by atoms with Crippen LogP contribution in [0.2, 0.25) is 0 Å². The van der Waals surface area contributed by atoms with Gasteiger partial charge in [0.1, 0.15) is 12.4 Å². The molecule has 0 N–H and O–H groups in total. The van der Waals surface area contributed by atoms with Crippen molar-refractivity contribution in [3.8, 4) is 17.2 Å². The molecule has 1 saturated heterocycles. The molecule has 0 aliphatic carbocycles.